The molecule has 0 fully saturated rings. The highest BCUT2D eigenvalue weighted by Gasteiger charge is 2.10. The average molecular weight is 403 g/mol. The van der Waals surface area contributed by atoms with Gasteiger partial charge in [-0.3, -0.25) is 9.59 Å². The molecular weight excluding hydrogens is 387 g/mol. The first kappa shape index (κ1) is 18.9. The number of nitrogens with one attached hydrogen (secondary N) is 2. The normalized spacial score (nSPS) is 10.5. The van der Waals surface area contributed by atoms with Crippen LogP contribution in [0.2, 0.25) is 10.0 Å². The summed E-state index contributed by atoms with van der Waals surface area (Å²) in [6.45, 7) is 0. The molecular formula is C19H16Cl2N4O2. The number of benzene rings is 2. The van der Waals surface area contributed by atoms with Crippen LogP contribution in [0.5, 0.6) is 0 Å². The number of carbonyl (C=O) groups excluding carboxylic acids is 2. The average Bonchev–Trinajstić information content (AvgIpc) is 3.14. The number of amides is 2. The van der Waals surface area contributed by atoms with E-state index in [0.717, 1.165) is 5.69 Å². The number of nitrogens with zero attached hydrogens (tertiary/aromatic N) is 2. The van der Waals surface area contributed by atoms with Gasteiger partial charge in [0.2, 0.25) is 5.91 Å². The second-order valence-electron chi connectivity index (χ2n) is 5.73. The minimum atomic E-state index is -0.251. The second kappa shape index (κ2) is 8.24. The Morgan fingerprint density at radius 2 is 1.81 bits per heavy atom. The molecule has 8 heteroatoms. The van der Waals surface area contributed by atoms with Crippen LogP contribution in [0.4, 0.5) is 5.69 Å². The molecule has 2 aromatic carbocycles. The molecule has 3 rings (SSSR count). The van der Waals surface area contributed by atoms with Gasteiger partial charge in [-0.2, -0.15) is 5.10 Å². The Morgan fingerprint density at radius 3 is 2.48 bits per heavy atom. The Morgan fingerprint density at radius 1 is 1.07 bits per heavy atom. The van der Waals surface area contributed by atoms with Crippen LogP contribution in [0, 0.1) is 0 Å². The molecule has 0 bridgehead atoms. The first-order chi connectivity index (χ1) is 13.0. The van der Waals surface area contributed by atoms with Crippen LogP contribution in [-0.2, 0) is 11.2 Å². The van der Waals surface area contributed by atoms with E-state index in [9.17, 15) is 9.59 Å². The van der Waals surface area contributed by atoms with Crippen molar-refractivity contribution >= 4 is 40.7 Å². The zero-order valence-corrected chi connectivity index (χ0v) is 15.9. The van der Waals surface area contributed by atoms with Gasteiger partial charge in [0.25, 0.3) is 5.91 Å². The second-order valence-corrected chi connectivity index (χ2v) is 6.58. The molecule has 3 aromatic rings. The van der Waals surface area contributed by atoms with E-state index in [-0.39, 0.29) is 18.2 Å². The summed E-state index contributed by atoms with van der Waals surface area (Å²) < 4.78 is 1.59. The highest BCUT2D eigenvalue weighted by Crippen LogP contribution is 2.22. The summed E-state index contributed by atoms with van der Waals surface area (Å²) in [5.41, 5.74) is 2.44. The number of hydrogen-bond acceptors (Lipinski definition) is 3. The van der Waals surface area contributed by atoms with Crippen molar-refractivity contribution in [2.24, 2.45) is 0 Å². The molecule has 0 aliphatic rings. The van der Waals surface area contributed by atoms with Gasteiger partial charge < -0.3 is 10.6 Å². The zero-order chi connectivity index (χ0) is 19.4. The van der Waals surface area contributed by atoms with Gasteiger partial charge in [-0.15, -0.1) is 0 Å². The molecule has 27 heavy (non-hydrogen) atoms. The zero-order valence-electron chi connectivity index (χ0n) is 14.4. The summed E-state index contributed by atoms with van der Waals surface area (Å²) >= 11 is 12.0. The molecule has 0 spiro atoms. The molecule has 0 saturated heterocycles. The third-order valence-electron chi connectivity index (χ3n) is 3.83. The minimum Gasteiger partial charge on any atom is -0.354 e. The molecule has 6 nitrogen and oxygen atoms in total. The molecule has 2 N–H and O–H groups in total. The van der Waals surface area contributed by atoms with E-state index in [0.29, 0.717) is 27.0 Å². The van der Waals surface area contributed by atoms with Crippen molar-refractivity contribution in [2.45, 2.75) is 6.42 Å². The molecule has 138 valence electrons. The predicted octanol–water partition coefficient (Wildman–Crippen LogP) is 3.72. The maximum Gasteiger partial charge on any atom is 0.271 e. The van der Waals surface area contributed by atoms with E-state index in [1.54, 1.807) is 66.5 Å². The molecule has 1 aromatic heterocycles. The van der Waals surface area contributed by atoms with Crippen molar-refractivity contribution < 1.29 is 9.59 Å². The van der Waals surface area contributed by atoms with E-state index in [1.807, 2.05) is 0 Å². The van der Waals surface area contributed by atoms with Gasteiger partial charge in [-0.25, -0.2) is 4.68 Å². The van der Waals surface area contributed by atoms with Crippen molar-refractivity contribution in [1.29, 1.82) is 0 Å². The van der Waals surface area contributed by atoms with Crippen LogP contribution in [-0.4, -0.2) is 28.6 Å². The molecule has 0 radical (unpaired) electrons. The number of aromatic nitrogens is 2. The number of rotatable bonds is 5. The number of anilines is 1. The molecule has 0 saturated carbocycles. The minimum absolute atomic E-state index is 0.145. The first-order valence-corrected chi connectivity index (χ1v) is 8.84. The molecule has 0 aliphatic heterocycles. The van der Waals surface area contributed by atoms with Gasteiger partial charge >= 0.3 is 0 Å². The van der Waals surface area contributed by atoms with Crippen molar-refractivity contribution in [1.82, 2.24) is 15.1 Å². The Kier molecular flexibility index (Phi) is 5.78. The number of carbonyl (C=O) groups is 2. The summed E-state index contributed by atoms with van der Waals surface area (Å²) in [4.78, 5) is 23.8. The van der Waals surface area contributed by atoms with E-state index in [1.165, 1.54) is 0 Å². The molecule has 1 heterocycles. The smallest absolute Gasteiger partial charge is 0.271 e. The van der Waals surface area contributed by atoms with Gasteiger partial charge in [-0.1, -0.05) is 29.3 Å². The highest BCUT2D eigenvalue weighted by molar-refractivity contribution is 6.35. The van der Waals surface area contributed by atoms with Gasteiger partial charge in [-0.05, 0) is 48.0 Å². The van der Waals surface area contributed by atoms with Gasteiger partial charge in [0.1, 0.15) is 0 Å². The van der Waals surface area contributed by atoms with Crippen LogP contribution in [0.15, 0.2) is 54.7 Å². The maximum atomic E-state index is 12.2. The first-order valence-electron chi connectivity index (χ1n) is 8.08. The monoisotopic (exact) mass is 402 g/mol. The van der Waals surface area contributed by atoms with Crippen molar-refractivity contribution in [3.05, 3.63) is 76.0 Å². The summed E-state index contributed by atoms with van der Waals surface area (Å²) in [6.07, 6.45) is 1.84. The third kappa shape index (κ3) is 4.67. The van der Waals surface area contributed by atoms with Crippen LogP contribution >= 0.6 is 23.2 Å². The van der Waals surface area contributed by atoms with E-state index >= 15 is 0 Å². The number of halogens is 2. The molecule has 2 amide bonds. The van der Waals surface area contributed by atoms with E-state index in [2.05, 4.69) is 15.7 Å². The molecule has 0 aliphatic carbocycles. The Hall–Kier alpha value is -2.83. The standard InChI is InChI=1S/C19H16Cl2N4O2/c1-22-19(27)17-8-9-25(24-17)15-6-4-14(5-7-15)23-18(26)10-12-2-3-13(20)11-16(12)21/h2-9,11H,10H2,1H3,(H,22,27)(H,23,26). The van der Waals surface area contributed by atoms with Crippen LogP contribution < -0.4 is 10.6 Å². The number of hydrogen-bond donors (Lipinski definition) is 2. The van der Waals surface area contributed by atoms with Gasteiger partial charge in [0.15, 0.2) is 5.69 Å². The van der Waals surface area contributed by atoms with Crippen LogP contribution in [0.25, 0.3) is 5.69 Å². The van der Waals surface area contributed by atoms with Gasteiger partial charge in [0.05, 0.1) is 12.1 Å². The lowest BCUT2D eigenvalue weighted by atomic mass is 10.1. The van der Waals surface area contributed by atoms with Crippen molar-refractivity contribution in [2.75, 3.05) is 12.4 Å². The van der Waals surface area contributed by atoms with Crippen molar-refractivity contribution in [3.63, 3.8) is 0 Å². The molecule has 0 atom stereocenters. The Balaban J connectivity index is 1.65. The Labute approximate surface area is 166 Å². The summed E-state index contributed by atoms with van der Waals surface area (Å²) in [7, 11) is 1.55. The van der Waals surface area contributed by atoms with Crippen molar-refractivity contribution in [3.8, 4) is 5.69 Å². The van der Waals surface area contributed by atoms with Crippen LogP contribution in [0.1, 0.15) is 16.1 Å². The lowest BCUT2D eigenvalue weighted by molar-refractivity contribution is -0.115. The van der Waals surface area contributed by atoms with E-state index < -0.39 is 0 Å². The largest absolute Gasteiger partial charge is 0.354 e. The van der Waals surface area contributed by atoms with Gasteiger partial charge in [0, 0.05) is 29.0 Å². The highest BCUT2D eigenvalue weighted by atomic mass is 35.5. The summed E-state index contributed by atoms with van der Waals surface area (Å²) in [5.74, 6) is -0.438. The third-order valence-corrected chi connectivity index (χ3v) is 4.42. The molecule has 0 unspecified atom stereocenters. The maximum absolute atomic E-state index is 12.2. The fourth-order valence-electron chi connectivity index (χ4n) is 2.46. The Bertz CT molecular complexity index is 984. The van der Waals surface area contributed by atoms with E-state index in [4.69, 9.17) is 23.2 Å². The SMILES string of the molecule is CNC(=O)c1ccn(-c2ccc(NC(=O)Cc3ccc(Cl)cc3Cl)cc2)n1. The lowest BCUT2D eigenvalue weighted by Crippen LogP contribution is -2.18. The quantitative estimate of drug-likeness (QED) is 0.682. The topological polar surface area (TPSA) is 76.0 Å². The lowest BCUT2D eigenvalue weighted by Gasteiger charge is -2.08. The predicted molar refractivity (Wildman–Crippen MR) is 106 cm³/mol. The fraction of sp³-hybridized carbons (Fsp3) is 0.105. The summed E-state index contributed by atoms with van der Waals surface area (Å²) in [5, 5.41) is 10.5. The fourth-order valence-corrected chi connectivity index (χ4v) is 2.93. The van der Waals surface area contributed by atoms with Crippen LogP contribution in [0.3, 0.4) is 0 Å². The summed E-state index contributed by atoms with van der Waals surface area (Å²) in [6, 6.07) is 13.8.